The van der Waals surface area contributed by atoms with Crippen molar-refractivity contribution in [3.05, 3.63) is 48.6 Å². The summed E-state index contributed by atoms with van der Waals surface area (Å²) in [4.78, 5) is 40.6. The van der Waals surface area contributed by atoms with Crippen molar-refractivity contribution in [1.29, 1.82) is 0 Å². The average molecular weight is 944 g/mol. The monoisotopic (exact) mass is 944 g/mol. The third-order valence-corrected chi connectivity index (χ3v) is 12.2. The van der Waals surface area contributed by atoms with Crippen molar-refractivity contribution < 1.29 is 42.8 Å². The van der Waals surface area contributed by atoms with Gasteiger partial charge < -0.3 is 33.3 Å². The molecule has 1 saturated heterocycles. The summed E-state index contributed by atoms with van der Waals surface area (Å²) in [5.41, 5.74) is 0. The normalized spacial score (nSPS) is 15.1. The largest absolute Gasteiger partial charge is 0.508 e. The van der Waals surface area contributed by atoms with E-state index >= 15 is 0 Å². The van der Waals surface area contributed by atoms with E-state index in [-0.39, 0.29) is 50.4 Å². The lowest BCUT2D eigenvalue weighted by Crippen LogP contribution is -2.37. The van der Waals surface area contributed by atoms with Gasteiger partial charge in [0.1, 0.15) is 19.8 Å². The van der Waals surface area contributed by atoms with Crippen molar-refractivity contribution >= 4 is 18.1 Å². The van der Waals surface area contributed by atoms with Gasteiger partial charge in [-0.25, -0.2) is 4.79 Å². The van der Waals surface area contributed by atoms with Crippen LogP contribution in [0.3, 0.4) is 0 Å². The summed E-state index contributed by atoms with van der Waals surface area (Å²) < 4.78 is 34.6. The van der Waals surface area contributed by atoms with Gasteiger partial charge in [-0.3, -0.25) is 9.59 Å². The van der Waals surface area contributed by atoms with Crippen molar-refractivity contribution in [2.75, 3.05) is 59.3 Å². The van der Waals surface area contributed by atoms with Crippen LogP contribution in [-0.2, 0) is 38.0 Å². The lowest BCUT2D eigenvalue weighted by molar-refractivity contribution is -0.152. The van der Waals surface area contributed by atoms with E-state index in [0.29, 0.717) is 39.1 Å². The van der Waals surface area contributed by atoms with E-state index in [2.05, 4.69) is 81.2 Å². The zero-order chi connectivity index (χ0) is 48.5. The quantitative estimate of drug-likeness (QED) is 0.0192. The van der Waals surface area contributed by atoms with Gasteiger partial charge in [0.05, 0.1) is 25.7 Å². The maximum absolute atomic E-state index is 12.9. The van der Waals surface area contributed by atoms with Gasteiger partial charge in [-0.1, -0.05) is 134 Å². The standard InChI is InChI=1S/C57H101NO9/c1-5-9-12-15-18-21-22-23-24-25-26-27-28-31-34-41-54(59)64-49-53(51-67-57(61)66-48-52-40-39-44-58(8-4)47-52)50-65-55(60)42-35-36-43-56(62-45-37-32-29-19-16-13-10-6-2)63-46-38-33-30-20-17-14-11-7-3/h18-21,23-24,29-30,52-53,56H,5-17,22,25-28,31-51H2,1-4H3/b21-18-,24-23-,29-19-,30-20-. The Morgan fingerprint density at radius 3 is 1.52 bits per heavy atom. The van der Waals surface area contributed by atoms with Crippen LogP contribution in [0.4, 0.5) is 4.79 Å². The molecule has 10 heteroatoms. The third kappa shape index (κ3) is 41.7. The SMILES string of the molecule is CCCCC/C=C\C/C=C\CCCCCCCC(=O)OCC(COC(=O)CCCCC(OCCC/C=C\CCCCC)OCCC/C=C\CCCCC)COC(=O)OCC1CCCN(CC)C1. The lowest BCUT2D eigenvalue weighted by atomic mass is 9.99. The molecule has 10 nitrogen and oxygen atoms in total. The second kappa shape index (κ2) is 48.1. The molecule has 67 heavy (non-hydrogen) atoms. The molecule has 1 aliphatic heterocycles. The second-order valence-electron chi connectivity index (χ2n) is 18.6. The molecule has 2 atom stereocenters. The van der Waals surface area contributed by atoms with Crippen LogP contribution in [0.2, 0.25) is 0 Å². The number of hydrogen-bond acceptors (Lipinski definition) is 10. The Bertz CT molecular complexity index is 1240. The first-order valence-electron chi connectivity index (χ1n) is 27.6. The smallest absolute Gasteiger partial charge is 0.465 e. The van der Waals surface area contributed by atoms with Crippen LogP contribution in [0.1, 0.15) is 220 Å². The molecule has 1 heterocycles. The molecule has 0 radical (unpaired) electrons. The zero-order valence-electron chi connectivity index (χ0n) is 43.5. The fourth-order valence-electron chi connectivity index (χ4n) is 7.90. The van der Waals surface area contributed by atoms with E-state index in [0.717, 1.165) is 122 Å². The highest BCUT2D eigenvalue weighted by molar-refractivity contribution is 5.69. The number of esters is 2. The van der Waals surface area contributed by atoms with Gasteiger partial charge in [-0.05, 0) is 135 Å². The highest BCUT2D eigenvalue weighted by Crippen LogP contribution is 2.18. The Kier molecular flexibility index (Phi) is 44.5. The molecular formula is C57H101NO9. The Balaban J connectivity index is 2.54. The van der Waals surface area contributed by atoms with E-state index in [4.69, 9.17) is 28.4 Å². The van der Waals surface area contributed by atoms with E-state index < -0.39 is 12.1 Å². The summed E-state index contributed by atoms with van der Waals surface area (Å²) in [7, 11) is 0. The molecule has 0 spiro atoms. The first kappa shape index (κ1) is 62.1. The number of hydrogen-bond donors (Lipinski definition) is 0. The summed E-state index contributed by atoms with van der Waals surface area (Å²) in [5.74, 6) is -0.851. The van der Waals surface area contributed by atoms with Crippen LogP contribution >= 0.6 is 0 Å². The molecular weight excluding hydrogens is 843 g/mol. The Hall–Kier alpha value is -2.95. The molecule has 388 valence electrons. The molecule has 0 N–H and O–H groups in total. The van der Waals surface area contributed by atoms with Crippen LogP contribution in [0.25, 0.3) is 0 Å². The zero-order valence-corrected chi connectivity index (χ0v) is 43.5. The average Bonchev–Trinajstić information content (AvgIpc) is 3.34. The molecule has 0 aliphatic carbocycles. The highest BCUT2D eigenvalue weighted by Gasteiger charge is 2.22. The number of piperidine rings is 1. The summed E-state index contributed by atoms with van der Waals surface area (Å²) in [6.07, 6.45) is 47.8. The first-order chi connectivity index (χ1) is 32.9. The van der Waals surface area contributed by atoms with E-state index in [9.17, 15) is 14.4 Å². The fraction of sp³-hybridized carbons (Fsp3) is 0.807. The van der Waals surface area contributed by atoms with Gasteiger partial charge in [0.2, 0.25) is 0 Å². The minimum atomic E-state index is -0.752. The minimum absolute atomic E-state index is 0.00655. The molecule has 2 unspecified atom stereocenters. The number of carbonyl (C=O) groups is 3. The number of carbonyl (C=O) groups excluding carboxylic acids is 3. The lowest BCUT2D eigenvalue weighted by Gasteiger charge is -2.31. The van der Waals surface area contributed by atoms with Crippen molar-refractivity contribution in [1.82, 2.24) is 4.90 Å². The molecule has 0 aromatic carbocycles. The topological polar surface area (TPSA) is 110 Å². The van der Waals surface area contributed by atoms with Crippen molar-refractivity contribution in [3.63, 3.8) is 0 Å². The number of unbranched alkanes of at least 4 members (excludes halogenated alkanes) is 17. The Morgan fingerprint density at radius 2 is 0.985 bits per heavy atom. The number of allylic oxidation sites excluding steroid dienone is 8. The Morgan fingerprint density at radius 1 is 0.522 bits per heavy atom. The minimum Gasteiger partial charge on any atom is -0.465 e. The molecule has 0 bridgehead atoms. The van der Waals surface area contributed by atoms with Crippen LogP contribution in [0.15, 0.2) is 48.6 Å². The summed E-state index contributed by atoms with van der Waals surface area (Å²) >= 11 is 0. The predicted molar refractivity (Wildman–Crippen MR) is 276 cm³/mol. The van der Waals surface area contributed by atoms with Crippen molar-refractivity contribution in [2.45, 2.75) is 227 Å². The summed E-state index contributed by atoms with van der Waals surface area (Å²) in [6.45, 7) is 13.3. The number of ether oxygens (including phenoxy) is 6. The maximum atomic E-state index is 12.9. The van der Waals surface area contributed by atoms with Crippen LogP contribution in [0.5, 0.6) is 0 Å². The van der Waals surface area contributed by atoms with Gasteiger partial charge in [-0.15, -0.1) is 0 Å². The van der Waals surface area contributed by atoms with Gasteiger partial charge in [0, 0.05) is 25.3 Å². The summed E-state index contributed by atoms with van der Waals surface area (Å²) in [6, 6.07) is 0. The molecule has 0 aromatic rings. The van der Waals surface area contributed by atoms with E-state index in [1.807, 2.05) is 0 Å². The molecule has 1 aliphatic rings. The fourth-order valence-corrected chi connectivity index (χ4v) is 7.90. The first-order valence-corrected chi connectivity index (χ1v) is 27.6. The van der Waals surface area contributed by atoms with E-state index in [1.165, 1.54) is 64.2 Å². The van der Waals surface area contributed by atoms with Crippen molar-refractivity contribution in [2.24, 2.45) is 11.8 Å². The van der Waals surface area contributed by atoms with Gasteiger partial charge in [0.15, 0.2) is 6.29 Å². The molecule has 0 amide bonds. The number of rotatable bonds is 46. The van der Waals surface area contributed by atoms with Crippen LogP contribution in [-0.4, -0.2) is 88.6 Å². The Labute approximate surface area is 410 Å². The third-order valence-electron chi connectivity index (χ3n) is 12.2. The van der Waals surface area contributed by atoms with Crippen molar-refractivity contribution in [3.8, 4) is 0 Å². The second-order valence-corrected chi connectivity index (χ2v) is 18.6. The molecule has 1 rings (SSSR count). The summed E-state index contributed by atoms with van der Waals surface area (Å²) in [5, 5.41) is 0. The number of nitrogens with zero attached hydrogens (tertiary/aromatic N) is 1. The van der Waals surface area contributed by atoms with Gasteiger partial charge in [0.25, 0.3) is 0 Å². The molecule has 0 aromatic heterocycles. The van der Waals surface area contributed by atoms with Crippen LogP contribution < -0.4 is 0 Å². The number of likely N-dealkylation sites (tertiary alicyclic amines) is 1. The molecule has 1 fully saturated rings. The molecule has 0 saturated carbocycles. The van der Waals surface area contributed by atoms with Gasteiger partial charge >= 0.3 is 18.1 Å². The van der Waals surface area contributed by atoms with Gasteiger partial charge in [-0.2, -0.15) is 0 Å². The van der Waals surface area contributed by atoms with E-state index in [1.54, 1.807) is 0 Å². The van der Waals surface area contributed by atoms with Crippen LogP contribution in [0, 0.1) is 11.8 Å². The predicted octanol–water partition coefficient (Wildman–Crippen LogP) is 15.1. The highest BCUT2D eigenvalue weighted by atomic mass is 16.7. The maximum Gasteiger partial charge on any atom is 0.508 e.